The van der Waals surface area contributed by atoms with E-state index in [9.17, 15) is 0 Å². The van der Waals surface area contributed by atoms with Crippen molar-refractivity contribution in [1.82, 2.24) is 9.88 Å². The van der Waals surface area contributed by atoms with Crippen LogP contribution in [-0.2, 0) is 13.0 Å². The van der Waals surface area contributed by atoms with Gasteiger partial charge in [-0.05, 0) is 52.1 Å². The van der Waals surface area contributed by atoms with Crippen LogP contribution in [0.25, 0.3) is 21.7 Å². The molecule has 0 aliphatic carbocycles. The van der Waals surface area contributed by atoms with Gasteiger partial charge in [0.05, 0.1) is 6.04 Å². The minimum atomic E-state index is 0.147. The van der Waals surface area contributed by atoms with Gasteiger partial charge in [0.25, 0.3) is 0 Å². The van der Waals surface area contributed by atoms with Gasteiger partial charge < -0.3 is 4.98 Å². The van der Waals surface area contributed by atoms with Gasteiger partial charge in [-0.25, -0.2) is 0 Å². The number of halogens is 1. The maximum absolute atomic E-state index is 6.43. The molecule has 0 saturated carbocycles. The van der Waals surface area contributed by atoms with Crippen LogP contribution < -0.4 is 0 Å². The van der Waals surface area contributed by atoms with Crippen LogP contribution in [-0.4, -0.2) is 16.4 Å². The van der Waals surface area contributed by atoms with E-state index in [4.69, 9.17) is 11.6 Å². The van der Waals surface area contributed by atoms with E-state index in [0.29, 0.717) is 0 Å². The Morgan fingerprint density at radius 2 is 1.61 bits per heavy atom. The van der Waals surface area contributed by atoms with Gasteiger partial charge in [-0.1, -0.05) is 84.4 Å². The second-order valence-corrected chi connectivity index (χ2v) is 8.82. The van der Waals surface area contributed by atoms with E-state index in [0.717, 1.165) is 24.5 Å². The largest absolute Gasteiger partial charge is 0.357 e. The number of nitrogens with one attached hydrogen (secondary N) is 1. The molecule has 3 heteroatoms. The van der Waals surface area contributed by atoms with Gasteiger partial charge in [0.1, 0.15) is 0 Å². The molecule has 1 N–H and O–H groups in total. The zero-order valence-electron chi connectivity index (χ0n) is 17.2. The van der Waals surface area contributed by atoms with Gasteiger partial charge in [-0.3, -0.25) is 4.90 Å². The summed E-state index contributed by atoms with van der Waals surface area (Å²) in [7, 11) is 0. The number of benzene rings is 4. The molecule has 5 aromatic rings. The molecule has 1 aliphatic heterocycles. The predicted molar refractivity (Wildman–Crippen MR) is 130 cm³/mol. The standard InChI is InChI=1S/C28H23ClN2/c29-22-11-6-9-20(17-22)28-27-25(24-13-3-4-14-26(24)30-27)15-16-31(28)18-21-10-5-8-19-7-1-2-12-23(19)21/h1-14,17,28,30H,15-16,18H2/t28-/m0/s1. The highest BCUT2D eigenvalue weighted by atomic mass is 35.5. The quantitative estimate of drug-likeness (QED) is 0.328. The second-order valence-electron chi connectivity index (χ2n) is 8.38. The highest BCUT2D eigenvalue weighted by molar-refractivity contribution is 6.30. The molecule has 0 spiro atoms. The molecule has 31 heavy (non-hydrogen) atoms. The first-order valence-corrected chi connectivity index (χ1v) is 11.2. The fraction of sp³-hybridized carbons (Fsp3) is 0.143. The fourth-order valence-corrected chi connectivity index (χ4v) is 5.36. The first-order chi connectivity index (χ1) is 15.3. The number of H-pyrrole nitrogens is 1. The van der Waals surface area contributed by atoms with E-state index in [2.05, 4.69) is 94.8 Å². The number of rotatable bonds is 3. The van der Waals surface area contributed by atoms with Gasteiger partial charge in [0.15, 0.2) is 0 Å². The van der Waals surface area contributed by atoms with Crippen LogP contribution in [0.2, 0.25) is 5.02 Å². The van der Waals surface area contributed by atoms with Crippen molar-refractivity contribution < 1.29 is 0 Å². The molecule has 0 bridgehead atoms. The van der Waals surface area contributed by atoms with Gasteiger partial charge in [-0.15, -0.1) is 0 Å². The number of hydrogen-bond donors (Lipinski definition) is 1. The molecule has 0 unspecified atom stereocenters. The zero-order chi connectivity index (χ0) is 20.8. The van der Waals surface area contributed by atoms with E-state index >= 15 is 0 Å². The van der Waals surface area contributed by atoms with Crippen molar-refractivity contribution >= 4 is 33.3 Å². The topological polar surface area (TPSA) is 19.0 Å². The van der Waals surface area contributed by atoms with Crippen LogP contribution in [0.1, 0.15) is 28.4 Å². The number of para-hydroxylation sites is 1. The summed E-state index contributed by atoms with van der Waals surface area (Å²) in [4.78, 5) is 6.34. The van der Waals surface area contributed by atoms with Crippen molar-refractivity contribution in [3.63, 3.8) is 0 Å². The number of nitrogens with zero attached hydrogens (tertiary/aromatic N) is 1. The summed E-state index contributed by atoms with van der Waals surface area (Å²) in [5, 5.41) is 4.75. The van der Waals surface area contributed by atoms with E-state index in [1.54, 1.807) is 0 Å². The summed E-state index contributed by atoms with van der Waals surface area (Å²) < 4.78 is 0. The summed E-state index contributed by atoms with van der Waals surface area (Å²) in [6.45, 7) is 1.91. The number of fused-ring (bicyclic) bond motifs is 4. The van der Waals surface area contributed by atoms with E-state index in [1.807, 2.05) is 6.07 Å². The van der Waals surface area contributed by atoms with Gasteiger partial charge in [0.2, 0.25) is 0 Å². The van der Waals surface area contributed by atoms with Crippen molar-refractivity contribution in [2.75, 3.05) is 6.54 Å². The molecule has 1 aliphatic rings. The third-order valence-electron chi connectivity index (χ3n) is 6.55. The van der Waals surface area contributed by atoms with Crippen LogP contribution in [0.3, 0.4) is 0 Å². The first-order valence-electron chi connectivity index (χ1n) is 10.8. The predicted octanol–water partition coefficient (Wildman–Crippen LogP) is 7.12. The molecule has 6 rings (SSSR count). The lowest BCUT2D eigenvalue weighted by molar-refractivity contribution is 0.203. The molecule has 0 fully saturated rings. The Balaban J connectivity index is 1.49. The summed E-state index contributed by atoms with van der Waals surface area (Å²) in [6, 6.07) is 32.4. The molecular formula is C28H23ClN2. The minimum absolute atomic E-state index is 0.147. The molecule has 2 nitrogen and oxygen atoms in total. The van der Waals surface area contributed by atoms with Crippen molar-refractivity contribution in [2.45, 2.75) is 19.0 Å². The van der Waals surface area contributed by atoms with Crippen LogP contribution >= 0.6 is 11.6 Å². The summed E-state index contributed by atoms with van der Waals surface area (Å²) in [5.74, 6) is 0. The molecule has 2 heterocycles. The average molecular weight is 423 g/mol. The van der Waals surface area contributed by atoms with Gasteiger partial charge >= 0.3 is 0 Å². The third-order valence-corrected chi connectivity index (χ3v) is 6.79. The molecule has 0 radical (unpaired) electrons. The lowest BCUT2D eigenvalue weighted by Gasteiger charge is -2.36. The Kier molecular flexibility index (Phi) is 4.56. The van der Waals surface area contributed by atoms with Gasteiger partial charge in [-0.2, -0.15) is 0 Å². The lowest BCUT2D eigenvalue weighted by atomic mass is 9.91. The molecule has 0 amide bonds. The summed E-state index contributed by atoms with van der Waals surface area (Å²) in [6.07, 6.45) is 1.04. The Morgan fingerprint density at radius 1 is 0.839 bits per heavy atom. The Bertz CT molecular complexity index is 1400. The lowest BCUT2D eigenvalue weighted by Crippen LogP contribution is -2.35. The smallest absolute Gasteiger partial charge is 0.0760 e. The van der Waals surface area contributed by atoms with Gasteiger partial charge in [0, 0.05) is 34.7 Å². The SMILES string of the molecule is Clc1cccc([C@H]2c3[nH]c4ccccc4c3CCN2Cc2cccc3ccccc23)c1. The number of aromatic nitrogens is 1. The molecule has 1 aromatic heterocycles. The number of aromatic amines is 1. The fourth-order valence-electron chi connectivity index (χ4n) is 5.16. The molecule has 1 atom stereocenters. The highest BCUT2D eigenvalue weighted by Gasteiger charge is 2.32. The Morgan fingerprint density at radius 3 is 2.52 bits per heavy atom. The second kappa shape index (κ2) is 7.56. The number of hydrogen-bond acceptors (Lipinski definition) is 1. The first kappa shape index (κ1) is 18.7. The van der Waals surface area contributed by atoms with Crippen molar-refractivity contribution in [3.8, 4) is 0 Å². The van der Waals surface area contributed by atoms with E-state index < -0.39 is 0 Å². The summed E-state index contributed by atoms with van der Waals surface area (Å²) in [5.41, 5.74) is 6.56. The van der Waals surface area contributed by atoms with Crippen LogP contribution in [0.4, 0.5) is 0 Å². The Hall–Kier alpha value is -3.07. The van der Waals surface area contributed by atoms with Crippen molar-refractivity contribution in [2.24, 2.45) is 0 Å². The normalized spacial score (nSPS) is 16.6. The zero-order valence-corrected chi connectivity index (χ0v) is 17.9. The minimum Gasteiger partial charge on any atom is -0.357 e. The Labute approximate surface area is 187 Å². The van der Waals surface area contributed by atoms with Crippen LogP contribution in [0.15, 0.2) is 91.0 Å². The van der Waals surface area contributed by atoms with E-state index in [-0.39, 0.29) is 6.04 Å². The monoisotopic (exact) mass is 422 g/mol. The maximum Gasteiger partial charge on any atom is 0.0760 e. The molecule has 152 valence electrons. The van der Waals surface area contributed by atoms with Crippen LogP contribution in [0.5, 0.6) is 0 Å². The highest BCUT2D eigenvalue weighted by Crippen LogP contribution is 2.40. The molecule has 0 saturated heterocycles. The van der Waals surface area contributed by atoms with Crippen LogP contribution in [0, 0.1) is 0 Å². The summed E-state index contributed by atoms with van der Waals surface area (Å²) >= 11 is 6.43. The third kappa shape index (κ3) is 3.23. The van der Waals surface area contributed by atoms with Crippen molar-refractivity contribution in [3.05, 3.63) is 118 Å². The maximum atomic E-state index is 6.43. The average Bonchev–Trinajstić information content (AvgIpc) is 3.18. The molecular weight excluding hydrogens is 400 g/mol. The van der Waals surface area contributed by atoms with E-state index in [1.165, 1.54) is 44.1 Å². The van der Waals surface area contributed by atoms with Crippen molar-refractivity contribution in [1.29, 1.82) is 0 Å². The molecule has 4 aromatic carbocycles.